The second-order valence-corrected chi connectivity index (χ2v) is 7.72. The Morgan fingerprint density at radius 3 is 2.64 bits per heavy atom. The molecule has 1 saturated heterocycles. The van der Waals surface area contributed by atoms with Gasteiger partial charge in [-0.3, -0.25) is 14.5 Å². The van der Waals surface area contributed by atoms with Crippen molar-refractivity contribution in [2.45, 2.75) is 18.0 Å². The molecule has 2 aliphatic rings. The van der Waals surface area contributed by atoms with Crippen molar-refractivity contribution in [3.8, 4) is 5.75 Å². The van der Waals surface area contributed by atoms with Gasteiger partial charge in [0.25, 0.3) is 5.91 Å². The highest BCUT2D eigenvalue weighted by molar-refractivity contribution is 6.31. The lowest BCUT2D eigenvalue weighted by Crippen LogP contribution is -2.66. The zero-order valence-corrected chi connectivity index (χ0v) is 16.8. The van der Waals surface area contributed by atoms with Gasteiger partial charge < -0.3 is 15.0 Å². The zero-order valence-electron chi connectivity index (χ0n) is 16.0. The topological polar surface area (TPSA) is 61.9 Å². The lowest BCUT2D eigenvalue weighted by Gasteiger charge is -2.51. The molecule has 1 N–H and O–H groups in total. The van der Waals surface area contributed by atoms with Crippen molar-refractivity contribution in [1.29, 1.82) is 0 Å². The fourth-order valence-corrected chi connectivity index (χ4v) is 4.43. The number of hydrogen-bond acceptors (Lipinski definition) is 4. The van der Waals surface area contributed by atoms with Crippen LogP contribution in [0, 0.1) is 0 Å². The molecule has 2 atom stereocenters. The quantitative estimate of drug-likeness (QED) is 0.858. The number of ether oxygens (including phenoxy) is 1. The van der Waals surface area contributed by atoms with Gasteiger partial charge in [0.05, 0.1) is 13.2 Å². The summed E-state index contributed by atoms with van der Waals surface area (Å²) in [5.74, 6) is 0.364. The Kier molecular flexibility index (Phi) is 4.56. The first-order valence-electron chi connectivity index (χ1n) is 9.14. The number of carbonyl (C=O) groups excluding carboxylic acids is 2. The number of amides is 2. The van der Waals surface area contributed by atoms with Crippen LogP contribution in [-0.2, 0) is 15.1 Å². The van der Waals surface area contributed by atoms with Crippen molar-refractivity contribution in [2.75, 3.05) is 33.1 Å². The minimum absolute atomic E-state index is 0.0243. The molecule has 2 aliphatic heterocycles. The van der Waals surface area contributed by atoms with E-state index in [1.165, 1.54) is 0 Å². The summed E-state index contributed by atoms with van der Waals surface area (Å²) < 4.78 is 5.60. The number of nitrogens with one attached hydrogen (secondary N) is 1. The second-order valence-electron chi connectivity index (χ2n) is 7.29. The van der Waals surface area contributed by atoms with Crippen LogP contribution in [0.1, 0.15) is 17.5 Å². The van der Waals surface area contributed by atoms with Gasteiger partial charge in [0, 0.05) is 42.5 Å². The fourth-order valence-electron chi connectivity index (χ4n) is 4.25. The van der Waals surface area contributed by atoms with E-state index in [9.17, 15) is 9.59 Å². The van der Waals surface area contributed by atoms with E-state index in [2.05, 4.69) is 5.32 Å². The number of benzene rings is 2. The SMILES string of the molecule is COc1ccccc1C1(N2CCC2C(=O)N(C)C)C(=O)Nc2ccc(Cl)cc21. The van der Waals surface area contributed by atoms with Gasteiger partial charge in [-0.15, -0.1) is 0 Å². The molecule has 0 aliphatic carbocycles. The summed E-state index contributed by atoms with van der Waals surface area (Å²) in [6, 6.07) is 12.4. The molecule has 2 heterocycles. The number of methoxy groups -OCH3 is 1. The smallest absolute Gasteiger partial charge is 0.254 e. The maximum absolute atomic E-state index is 13.5. The van der Waals surface area contributed by atoms with E-state index >= 15 is 0 Å². The Hall–Kier alpha value is -2.57. The lowest BCUT2D eigenvalue weighted by molar-refractivity contribution is -0.148. The maximum atomic E-state index is 13.5. The van der Waals surface area contributed by atoms with E-state index in [4.69, 9.17) is 16.3 Å². The molecule has 6 nitrogen and oxygen atoms in total. The van der Waals surface area contributed by atoms with Crippen LogP contribution in [0.5, 0.6) is 5.75 Å². The number of likely N-dealkylation sites (tertiary alicyclic amines) is 1. The molecule has 4 rings (SSSR count). The van der Waals surface area contributed by atoms with Gasteiger partial charge in [0.2, 0.25) is 5.91 Å². The van der Waals surface area contributed by atoms with E-state index in [1.54, 1.807) is 44.3 Å². The monoisotopic (exact) mass is 399 g/mol. The number of para-hydroxylation sites is 1. The van der Waals surface area contributed by atoms with Gasteiger partial charge in [0.1, 0.15) is 5.75 Å². The molecular weight excluding hydrogens is 378 g/mol. The number of hydrogen-bond donors (Lipinski definition) is 1. The molecule has 0 saturated carbocycles. The molecule has 2 aromatic rings. The Bertz CT molecular complexity index is 962. The Morgan fingerprint density at radius 1 is 1.25 bits per heavy atom. The van der Waals surface area contributed by atoms with E-state index in [0.29, 0.717) is 35.0 Å². The van der Waals surface area contributed by atoms with Crippen molar-refractivity contribution in [2.24, 2.45) is 0 Å². The highest BCUT2D eigenvalue weighted by Crippen LogP contribution is 2.51. The van der Waals surface area contributed by atoms with Crippen LogP contribution in [-0.4, -0.2) is 55.4 Å². The van der Waals surface area contributed by atoms with Crippen molar-refractivity contribution in [3.05, 3.63) is 58.6 Å². The van der Waals surface area contributed by atoms with Gasteiger partial charge >= 0.3 is 0 Å². The highest BCUT2D eigenvalue weighted by atomic mass is 35.5. The third-order valence-electron chi connectivity index (χ3n) is 5.62. The van der Waals surface area contributed by atoms with Gasteiger partial charge in [-0.2, -0.15) is 0 Å². The Morgan fingerprint density at radius 2 is 2.00 bits per heavy atom. The van der Waals surface area contributed by atoms with Crippen molar-refractivity contribution in [3.63, 3.8) is 0 Å². The Balaban J connectivity index is 1.98. The summed E-state index contributed by atoms with van der Waals surface area (Å²) in [6.45, 7) is 0.613. The number of carbonyl (C=O) groups is 2. The molecule has 2 amide bonds. The largest absolute Gasteiger partial charge is 0.496 e. The van der Waals surface area contributed by atoms with Crippen molar-refractivity contribution < 1.29 is 14.3 Å². The van der Waals surface area contributed by atoms with Gasteiger partial charge in [0.15, 0.2) is 5.54 Å². The molecule has 146 valence electrons. The molecule has 0 aromatic heterocycles. The van der Waals surface area contributed by atoms with Crippen molar-refractivity contribution >= 4 is 29.1 Å². The zero-order chi connectivity index (χ0) is 20.1. The average Bonchev–Trinajstić information content (AvgIpc) is 2.93. The molecule has 0 bridgehead atoms. The normalized spacial score (nSPS) is 23.6. The number of nitrogens with zero attached hydrogens (tertiary/aromatic N) is 2. The van der Waals surface area contributed by atoms with Crippen molar-refractivity contribution in [1.82, 2.24) is 9.80 Å². The van der Waals surface area contributed by atoms with E-state index in [1.807, 2.05) is 29.2 Å². The summed E-state index contributed by atoms with van der Waals surface area (Å²) >= 11 is 6.31. The van der Waals surface area contributed by atoms with E-state index in [-0.39, 0.29) is 11.8 Å². The molecule has 7 heteroatoms. The molecule has 0 radical (unpaired) electrons. The molecule has 0 spiro atoms. The molecular formula is C21H22ClN3O3. The van der Waals surface area contributed by atoms with E-state index < -0.39 is 11.6 Å². The third kappa shape index (κ3) is 2.52. The van der Waals surface area contributed by atoms with Crippen LogP contribution in [0.25, 0.3) is 0 Å². The Labute approximate surface area is 169 Å². The molecule has 1 fully saturated rings. The summed E-state index contributed by atoms with van der Waals surface area (Å²) in [6.07, 6.45) is 0.692. The second kappa shape index (κ2) is 6.79. The van der Waals surface area contributed by atoms with Crippen LogP contribution >= 0.6 is 11.6 Å². The van der Waals surface area contributed by atoms with Crippen LogP contribution < -0.4 is 10.1 Å². The number of fused-ring (bicyclic) bond motifs is 1. The van der Waals surface area contributed by atoms with Crippen LogP contribution in [0.3, 0.4) is 0 Å². The van der Waals surface area contributed by atoms with Gasteiger partial charge in [-0.05, 0) is 30.7 Å². The third-order valence-corrected chi connectivity index (χ3v) is 5.86. The average molecular weight is 400 g/mol. The summed E-state index contributed by atoms with van der Waals surface area (Å²) in [5, 5.41) is 3.52. The fraction of sp³-hybridized carbons (Fsp3) is 0.333. The first-order valence-corrected chi connectivity index (χ1v) is 9.52. The number of likely N-dealkylation sites (N-methyl/N-ethyl adjacent to an activating group) is 1. The molecule has 2 aromatic carbocycles. The number of halogens is 1. The summed E-state index contributed by atoms with van der Waals surface area (Å²) in [7, 11) is 5.04. The lowest BCUT2D eigenvalue weighted by atomic mass is 9.77. The molecule has 2 unspecified atom stereocenters. The first-order chi connectivity index (χ1) is 13.4. The van der Waals surface area contributed by atoms with Crippen LogP contribution in [0.15, 0.2) is 42.5 Å². The van der Waals surface area contributed by atoms with Gasteiger partial charge in [-0.25, -0.2) is 0 Å². The van der Waals surface area contributed by atoms with Crippen LogP contribution in [0.4, 0.5) is 5.69 Å². The predicted octanol–water partition coefficient (Wildman–Crippen LogP) is 2.71. The minimum atomic E-state index is -1.18. The summed E-state index contributed by atoms with van der Waals surface area (Å²) in [5.41, 5.74) is 0.961. The maximum Gasteiger partial charge on any atom is 0.254 e. The first kappa shape index (κ1) is 18.8. The van der Waals surface area contributed by atoms with Crippen LogP contribution in [0.2, 0.25) is 5.02 Å². The standard InChI is InChI=1S/C21H22ClN3O3/c1-24(2)19(26)17-10-11-25(17)21(14-6-4-5-7-18(14)28-3)15-12-13(22)8-9-16(15)23-20(21)27/h4-9,12,17H,10-11H2,1-3H3,(H,23,27). The number of anilines is 1. The van der Waals surface area contributed by atoms with Gasteiger partial charge in [-0.1, -0.05) is 29.8 Å². The molecule has 28 heavy (non-hydrogen) atoms. The van der Waals surface area contributed by atoms with E-state index in [0.717, 1.165) is 5.56 Å². The number of rotatable bonds is 4. The minimum Gasteiger partial charge on any atom is -0.496 e. The predicted molar refractivity (Wildman–Crippen MR) is 108 cm³/mol. The summed E-state index contributed by atoms with van der Waals surface area (Å²) in [4.78, 5) is 29.9. The highest BCUT2D eigenvalue weighted by Gasteiger charge is 2.59.